The Bertz CT molecular complexity index is 693. The van der Waals surface area contributed by atoms with Crippen molar-refractivity contribution in [2.75, 3.05) is 10.6 Å². The number of aromatic nitrogens is 2. The van der Waals surface area contributed by atoms with E-state index in [0.717, 1.165) is 31.4 Å². The summed E-state index contributed by atoms with van der Waals surface area (Å²) < 4.78 is 0. The van der Waals surface area contributed by atoms with Crippen molar-refractivity contribution in [3.63, 3.8) is 0 Å². The lowest BCUT2D eigenvalue weighted by molar-refractivity contribution is -0.122. The van der Waals surface area contributed by atoms with Crippen LogP contribution in [0.5, 0.6) is 0 Å². The van der Waals surface area contributed by atoms with Crippen molar-refractivity contribution in [2.24, 2.45) is 5.92 Å². The molecule has 5 heteroatoms. The second-order valence-corrected chi connectivity index (χ2v) is 6.01. The minimum Gasteiger partial charge on any atom is -0.338 e. The number of para-hydroxylation sites is 1. The number of anilines is 3. The highest BCUT2D eigenvalue weighted by molar-refractivity contribution is 5.92. The average Bonchev–Trinajstić information content (AvgIpc) is 2.49. The van der Waals surface area contributed by atoms with Crippen LogP contribution in [0.3, 0.4) is 0 Å². The number of benzene rings is 1. The van der Waals surface area contributed by atoms with Crippen LogP contribution in [0.1, 0.15) is 37.3 Å². The number of amides is 1. The van der Waals surface area contributed by atoms with Crippen LogP contribution >= 0.6 is 0 Å². The SMILES string of the molecule is CCc1cccc(C)c1Nc1ccc(NC(=O)C2CCC2)nn1. The van der Waals surface area contributed by atoms with Crippen LogP contribution in [-0.4, -0.2) is 16.1 Å². The molecule has 0 spiro atoms. The third kappa shape index (κ3) is 3.50. The molecule has 1 amide bonds. The zero-order valence-electron chi connectivity index (χ0n) is 13.6. The summed E-state index contributed by atoms with van der Waals surface area (Å²) in [5.41, 5.74) is 3.50. The number of rotatable bonds is 5. The number of nitrogens with one attached hydrogen (secondary N) is 2. The van der Waals surface area contributed by atoms with Gasteiger partial charge >= 0.3 is 0 Å². The second kappa shape index (κ2) is 6.77. The van der Waals surface area contributed by atoms with E-state index in [9.17, 15) is 4.79 Å². The van der Waals surface area contributed by atoms with Crippen molar-refractivity contribution < 1.29 is 4.79 Å². The van der Waals surface area contributed by atoms with Crippen LogP contribution in [0.15, 0.2) is 30.3 Å². The van der Waals surface area contributed by atoms with Gasteiger partial charge in [-0.3, -0.25) is 4.79 Å². The van der Waals surface area contributed by atoms with Crippen LogP contribution in [0.4, 0.5) is 17.3 Å². The van der Waals surface area contributed by atoms with E-state index in [1.807, 2.05) is 6.07 Å². The summed E-state index contributed by atoms with van der Waals surface area (Å²) in [4.78, 5) is 11.9. The first-order valence-corrected chi connectivity index (χ1v) is 8.17. The predicted molar refractivity (Wildman–Crippen MR) is 91.8 cm³/mol. The van der Waals surface area contributed by atoms with Gasteiger partial charge in [-0.15, -0.1) is 10.2 Å². The van der Waals surface area contributed by atoms with Gasteiger partial charge in [0.2, 0.25) is 5.91 Å². The molecule has 0 aliphatic heterocycles. The molecule has 3 rings (SSSR count). The Kier molecular flexibility index (Phi) is 4.55. The smallest absolute Gasteiger partial charge is 0.228 e. The summed E-state index contributed by atoms with van der Waals surface area (Å²) in [7, 11) is 0. The van der Waals surface area contributed by atoms with Crippen molar-refractivity contribution in [1.29, 1.82) is 0 Å². The van der Waals surface area contributed by atoms with Crippen molar-refractivity contribution in [1.82, 2.24) is 10.2 Å². The third-order valence-corrected chi connectivity index (χ3v) is 4.38. The van der Waals surface area contributed by atoms with Gasteiger partial charge in [0.05, 0.1) is 0 Å². The fourth-order valence-corrected chi connectivity index (χ4v) is 2.69. The molecule has 1 heterocycles. The average molecular weight is 310 g/mol. The van der Waals surface area contributed by atoms with E-state index in [-0.39, 0.29) is 11.8 Å². The molecule has 2 aromatic rings. The van der Waals surface area contributed by atoms with Crippen molar-refractivity contribution in [3.8, 4) is 0 Å². The Hall–Kier alpha value is -2.43. The molecule has 23 heavy (non-hydrogen) atoms. The fourth-order valence-electron chi connectivity index (χ4n) is 2.69. The minimum absolute atomic E-state index is 0.0541. The van der Waals surface area contributed by atoms with Gasteiger partial charge in [0.1, 0.15) is 0 Å². The zero-order chi connectivity index (χ0) is 16.2. The molecule has 0 unspecified atom stereocenters. The molecule has 1 saturated carbocycles. The standard InChI is InChI=1S/C18H22N4O/c1-3-13-7-4-6-12(2)17(13)19-15-10-11-16(22-21-15)20-18(23)14-8-5-9-14/h4,6-7,10-11,14H,3,5,8-9H2,1-2H3,(H,19,21)(H,20,22,23). The summed E-state index contributed by atoms with van der Waals surface area (Å²) in [6.45, 7) is 4.20. The fraction of sp³-hybridized carbons (Fsp3) is 0.389. The molecule has 0 bridgehead atoms. The third-order valence-electron chi connectivity index (χ3n) is 4.38. The van der Waals surface area contributed by atoms with E-state index in [1.54, 1.807) is 6.07 Å². The predicted octanol–water partition coefficient (Wildman–Crippen LogP) is 3.83. The normalized spacial score (nSPS) is 14.2. The second-order valence-electron chi connectivity index (χ2n) is 6.01. The number of carbonyl (C=O) groups is 1. The Labute approximate surface area is 136 Å². The first-order valence-electron chi connectivity index (χ1n) is 8.17. The van der Waals surface area contributed by atoms with Gasteiger partial charge in [0.25, 0.3) is 0 Å². The highest BCUT2D eigenvalue weighted by atomic mass is 16.2. The van der Waals surface area contributed by atoms with Gasteiger partial charge in [-0.2, -0.15) is 0 Å². The molecular weight excluding hydrogens is 288 g/mol. The number of hydrogen-bond acceptors (Lipinski definition) is 4. The van der Waals surface area contributed by atoms with Gasteiger partial charge in [0.15, 0.2) is 11.6 Å². The van der Waals surface area contributed by atoms with Crippen LogP contribution in [0.2, 0.25) is 0 Å². The molecule has 1 aliphatic rings. The van der Waals surface area contributed by atoms with E-state index in [4.69, 9.17) is 0 Å². The maximum absolute atomic E-state index is 11.9. The van der Waals surface area contributed by atoms with Crippen LogP contribution in [0.25, 0.3) is 0 Å². The molecule has 1 fully saturated rings. The Morgan fingerprint density at radius 3 is 2.52 bits per heavy atom. The van der Waals surface area contributed by atoms with Crippen molar-refractivity contribution in [2.45, 2.75) is 39.5 Å². The van der Waals surface area contributed by atoms with Crippen molar-refractivity contribution in [3.05, 3.63) is 41.5 Å². The van der Waals surface area contributed by atoms with E-state index >= 15 is 0 Å². The molecule has 1 aromatic carbocycles. The Morgan fingerprint density at radius 1 is 1.17 bits per heavy atom. The van der Waals surface area contributed by atoms with E-state index in [1.165, 1.54) is 11.1 Å². The quantitative estimate of drug-likeness (QED) is 0.881. The summed E-state index contributed by atoms with van der Waals surface area (Å²) in [6.07, 6.45) is 4.05. The minimum atomic E-state index is 0.0541. The summed E-state index contributed by atoms with van der Waals surface area (Å²) in [6, 6.07) is 9.87. The molecule has 0 saturated heterocycles. The van der Waals surface area contributed by atoms with Crippen LogP contribution in [0, 0.1) is 12.8 Å². The van der Waals surface area contributed by atoms with E-state index in [0.29, 0.717) is 11.6 Å². The maximum Gasteiger partial charge on any atom is 0.228 e. The summed E-state index contributed by atoms with van der Waals surface area (Å²) in [5, 5.41) is 14.4. The highest BCUT2D eigenvalue weighted by Crippen LogP contribution is 2.27. The molecule has 120 valence electrons. The van der Waals surface area contributed by atoms with Gasteiger partial charge in [-0.05, 0) is 49.4 Å². The Morgan fingerprint density at radius 2 is 1.91 bits per heavy atom. The molecule has 0 atom stereocenters. The maximum atomic E-state index is 11.9. The van der Waals surface area contributed by atoms with E-state index < -0.39 is 0 Å². The van der Waals surface area contributed by atoms with Crippen LogP contribution < -0.4 is 10.6 Å². The molecule has 2 N–H and O–H groups in total. The lowest BCUT2D eigenvalue weighted by Crippen LogP contribution is -2.28. The number of hydrogen-bond donors (Lipinski definition) is 2. The van der Waals surface area contributed by atoms with E-state index in [2.05, 4.69) is 52.9 Å². The number of nitrogens with zero attached hydrogens (tertiary/aromatic N) is 2. The molecule has 0 radical (unpaired) electrons. The van der Waals surface area contributed by atoms with Gasteiger partial charge < -0.3 is 10.6 Å². The number of aryl methyl sites for hydroxylation is 2. The van der Waals surface area contributed by atoms with Crippen molar-refractivity contribution >= 4 is 23.2 Å². The largest absolute Gasteiger partial charge is 0.338 e. The zero-order valence-corrected chi connectivity index (χ0v) is 13.6. The van der Waals surface area contributed by atoms with Gasteiger partial charge in [-0.25, -0.2) is 0 Å². The van der Waals surface area contributed by atoms with Gasteiger partial charge in [-0.1, -0.05) is 31.5 Å². The monoisotopic (exact) mass is 310 g/mol. The summed E-state index contributed by atoms with van der Waals surface area (Å²) in [5.74, 6) is 1.38. The molecular formula is C18H22N4O. The Balaban J connectivity index is 1.69. The first-order chi connectivity index (χ1) is 11.2. The molecule has 5 nitrogen and oxygen atoms in total. The molecule has 1 aliphatic carbocycles. The van der Waals surface area contributed by atoms with Crippen LogP contribution in [-0.2, 0) is 11.2 Å². The van der Waals surface area contributed by atoms with Gasteiger partial charge in [0, 0.05) is 11.6 Å². The first kappa shape index (κ1) is 15.5. The number of carbonyl (C=O) groups excluding carboxylic acids is 1. The lowest BCUT2D eigenvalue weighted by atomic mass is 9.85. The summed E-state index contributed by atoms with van der Waals surface area (Å²) >= 11 is 0. The lowest BCUT2D eigenvalue weighted by Gasteiger charge is -2.23. The highest BCUT2D eigenvalue weighted by Gasteiger charge is 2.25. The topological polar surface area (TPSA) is 66.9 Å². The molecule has 1 aromatic heterocycles.